The first-order chi connectivity index (χ1) is 11.5. The van der Waals surface area contributed by atoms with E-state index in [0.29, 0.717) is 17.8 Å². The Hall–Kier alpha value is -1.50. The first-order valence-electron chi connectivity index (χ1n) is 8.48. The molecule has 1 amide bonds. The largest absolute Gasteiger partial charge is 0.377 e. The van der Waals surface area contributed by atoms with E-state index in [-0.39, 0.29) is 30.0 Å². The molecule has 1 spiro atoms. The molecule has 132 valence electrons. The molecule has 2 saturated heterocycles. The van der Waals surface area contributed by atoms with Gasteiger partial charge in [0.25, 0.3) is 0 Å². The van der Waals surface area contributed by atoms with E-state index in [1.54, 1.807) is 26.2 Å². The molecule has 1 N–H and O–H groups in total. The van der Waals surface area contributed by atoms with Crippen LogP contribution in [0.4, 0.5) is 10.1 Å². The summed E-state index contributed by atoms with van der Waals surface area (Å²) in [5.41, 5.74) is 0.800. The summed E-state index contributed by atoms with van der Waals surface area (Å²) in [6.07, 6.45) is 2.95. The van der Waals surface area contributed by atoms with Gasteiger partial charge in [0.1, 0.15) is 5.82 Å². The topological polar surface area (TPSA) is 50.8 Å². The average molecular weight is 336 g/mol. The molecular weight excluding hydrogens is 311 g/mol. The lowest BCUT2D eigenvalue weighted by Gasteiger charge is -2.44. The van der Waals surface area contributed by atoms with Crippen LogP contribution < -0.4 is 5.32 Å². The standard InChI is InChI=1S/C18H25FN2O3/c1-13-14(19)5-3-6-15(13)20-17(22)12-21-9-8-18(7-4-10-24-18)16(11-21)23-2/h3,5-6,16H,4,7-12H2,1-2H3,(H,20,22)/t16-,18-/m0/s1. The summed E-state index contributed by atoms with van der Waals surface area (Å²) in [5, 5.41) is 2.80. The summed E-state index contributed by atoms with van der Waals surface area (Å²) in [6.45, 7) is 4.19. The van der Waals surface area contributed by atoms with Crippen molar-refractivity contribution in [1.82, 2.24) is 4.90 Å². The van der Waals surface area contributed by atoms with E-state index in [1.807, 2.05) is 0 Å². The molecule has 0 radical (unpaired) electrons. The molecule has 0 aromatic heterocycles. The molecule has 1 aromatic rings. The van der Waals surface area contributed by atoms with Gasteiger partial charge in [-0.2, -0.15) is 0 Å². The van der Waals surface area contributed by atoms with Crippen molar-refractivity contribution in [3.63, 3.8) is 0 Å². The van der Waals surface area contributed by atoms with E-state index >= 15 is 0 Å². The molecule has 3 rings (SSSR count). The zero-order valence-corrected chi connectivity index (χ0v) is 14.3. The number of carbonyl (C=O) groups is 1. The predicted octanol–water partition coefficient (Wildman–Crippen LogP) is 2.34. The van der Waals surface area contributed by atoms with Crippen molar-refractivity contribution in [2.45, 2.75) is 37.9 Å². The van der Waals surface area contributed by atoms with Crippen LogP contribution in [0.3, 0.4) is 0 Å². The number of nitrogens with one attached hydrogen (secondary N) is 1. The van der Waals surface area contributed by atoms with Crippen molar-refractivity contribution >= 4 is 11.6 Å². The summed E-state index contributed by atoms with van der Waals surface area (Å²) in [7, 11) is 1.70. The zero-order chi connectivity index (χ0) is 17.2. The third-order valence-corrected chi connectivity index (χ3v) is 5.19. The van der Waals surface area contributed by atoms with Gasteiger partial charge in [0.15, 0.2) is 0 Å². The van der Waals surface area contributed by atoms with Gasteiger partial charge in [-0.3, -0.25) is 9.69 Å². The second-order valence-corrected chi connectivity index (χ2v) is 6.69. The minimum atomic E-state index is -0.314. The highest BCUT2D eigenvalue weighted by Gasteiger charge is 2.46. The molecule has 1 aromatic carbocycles. The van der Waals surface area contributed by atoms with E-state index in [9.17, 15) is 9.18 Å². The highest BCUT2D eigenvalue weighted by atomic mass is 19.1. The van der Waals surface area contributed by atoms with Crippen molar-refractivity contribution in [2.75, 3.05) is 38.7 Å². The number of ether oxygens (including phenoxy) is 2. The fourth-order valence-electron chi connectivity index (χ4n) is 3.74. The molecule has 0 saturated carbocycles. The number of hydrogen-bond acceptors (Lipinski definition) is 4. The maximum Gasteiger partial charge on any atom is 0.238 e. The SMILES string of the molecule is CO[C@H]1CN(CC(=O)Nc2cccc(F)c2C)CC[C@@]12CCCO2. The number of carbonyl (C=O) groups excluding carboxylic acids is 1. The van der Waals surface area contributed by atoms with E-state index < -0.39 is 0 Å². The van der Waals surface area contributed by atoms with Crippen LogP contribution in [0.1, 0.15) is 24.8 Å². The smallest absolute Gasteiger partial charge is 0.238 e. The van der Waals surface area contributed by atoms with Crippen LogP contribution in [0.15, 0.2) is 18.2 Å². The molecule has 2 atom stereocenters. The summed E-state index contributed by atoms with van der Waals surface area (Å²) in [5.74, 6) is -0.451. The predicted molar refractivity (Wildman–Crippen MR) is 89.5 cm³/mol. The number of amides is 1. The number of nitrogens with zero attached hydrogens (tertiary/aromatic N) is 1. The average Bonchev–Trinajstić information content (AvgIpc) is 3.03. The number of piperidine rings is 1. The van der Waals surface area contributed by atoms with Gasteiger partial charge in [-0.25, -0.2) is 4.39 Å². The van der Waals surface area contributed by atoms with Crippen LogP contribution in [0.2, 0.25) is 0 Å². The summed E-state index contributed by atoms with van der Waals surface area (Å²) in [6, 6.07) is 4.70. The minimum absolute atomic E-state index is 0.0162. The lowest BCUT2D eigenvalue weighted by Crippen LogP contribution is -2.57. The maximum atomic E-state index is 13.6. The molecule has 0 aliphatic carbocycles. The molecule has 2 heterocycles. The van der Waals surface area contributed by atoms with Gasteiger partial charge in [0.05, 0.1) is 18.2 Å². The number of likely N-dealkylation sites (tertiary alicyclic amines) is 1. The van der Waals surface area contributed by atoms with Crippen LogP contribution in [-0.2, 0) is 14.3 Å². The Bertz CT molecular complexity index is 602. The van der Waals surface area contributed by atoms with E-state index in [0.717, 1.165) is 32.4 Å². The normalized spacial score (nSPS) is 27.5. The molecule has 2 aliphatic heterocycles. The highest BCUT2D eigenvalue weighted by molar-refractivity contribution is 5.93. The van der Waals surface area contributed by atoms with Gasteiger partial charge in [0, 0.05) is 38.1 Å². The molecule has 6 heteroatoms. The van der Waals surface area contributed by atoms with Crippen molar-refractivity contribution in [3.05, 3.63) is 29.6 Å². The number of benzene rings is 1. The van der Waals surface area contributed by atoms with E-state index in [4.69, 9.17) is 9.47 Å². The number of methoxy groups -OCH3 is 1. The minimum Gasteiger partial charge on any atom is -0.377 e. The van der Waals surface area contributed by atoms with Crippen LogP contribution in [0, 0.1) is 12.7 Å². The van der Waals surface area contributed by atoms with Gasteiger partial charge < -0.3 is 14.8 Å². The molecule has 2 aliphatic rings. The number of anilines is 1. The first-order valence-corrected chi connectivity index (χ1v) is 8.48. The van der Waals surface area contributed by atoms with Crippen LogP contribution >= 0.6 is 0 Å². The molecule has 0 bridgehead atoms. The fraction of sp³-hybridized carbons (Fsp3) is 0.611. The van der Waals surface area contributed by atoms with Crippen molar-refractivity contribution < 1.29 is 18.7 Å². The molecular formula is C18H25FN2O3. The first kappa shape index (κ1) is 17.3. The van der Waals surface area contributed by atoms with E-state index in [2.05, 4.69) is 10.2 Å². The van der Waals surface area contributed by atoms with E-state index in [1.165, 1.54) is 6.07 Å². The Kier molecular flexibility index (Phi) is 5.18. The summed E-state index contributed by atoms with van der Waals surface area (Å²) >= 11 is 0. The summed E-state index contributed by atoms with van der Waals surface area (Å²) in [4.78, 5) is 14.4. The van der Waals surface area contributed by atoms with Crippen molar-refractivity contribution in [1.29, 1.82) is 0 Å². The molecule has 0 unspecified atom stereocenters. The third kappa shape index (κ3) is 3.45. The Morgan fingerprint density at radius 3 is 3.04 bits per heavy atom. The van der Waals surface area contributed by atoms with Gasteiger partial charge in [0.2, 0.25) is 5.91 Å². The maximum absolute atomic E-state index is 13.6. The lowest BCUT2D eigenvalue weighted by atomic mass is 9.86. The van der Waals surface area contributed by atoms with Crippen molar-refractivity contribution in [3.8, 4) is 0 Å². The number of rotatable bonds is 4. The number of hydrogen-bond donors (Lipinski definition) is 1. The second kappa shape index (κ2) is 7.17. The lowest BCUT2D eigenvalue weighted by molar-refractivity contribution is -0.145. The Labute approximate surface area is 142 Å². The third-order valence-electron chi connectivity index (χ3n) is 5.19. The molecule has 2 fully saturated rings. The van der Waals surface area contributed by atoms with Crippen molar-refractivity contribution in [2.24, 2.45) is 0 Å². The van der Waals surface area contributed by atoms with Crippen LogP contribution in [0.5, 0.6) is 0 Å². The van der Waals surface area contributed by atoms with Crippen LogP contribution in [-0.4, -0.2) is 55.9 Å². The zero-order valence-electron chi connectivity index (χ0n) is 14.3. The quantitative estimate of drug-likeness (QED) is 0.917. The van der Waals surface area contributed by atoms with Gasteiger partial charge >= 0.3 is 0 Å². The van der Waals surface area contributed by atoms with Crippen LogP contribution in [0.25, 0.3) is 0 Å². The van der Waals surface area contributed by atoms with Gasteiger partial charge in [-0.15, -0.1) is 0 Å². The highest BCUT2D eigenvalue weighted by Crippen LogP contribution is 2.37. The number of halogens is 1. The Balaban J connectivity index is 1.58. The monoisotopic (exact) mass is 336 g/mol. The Morgan fingerprint density at radius 2 is 2.33 bits per heavy atom. The fourth-order valence-corrected chi connectivity index (χ4v) is 3.74. The van der Waals surface area contributed by atoms with Gasteiger partial charge in [-0.05, 0) is 38.3 Å². The molecule has 24 heavy (non-hydrogen) atoms. The summed E-state index contributed by atoms with van der Waals surface area (Å²) < 4.78 is 25.2. The molecule has 5 nitrogen and oxygen atoms in total. The Morgan fingerprint density at radius 1 is 1.50 bits per heavy atom. The van der Waals surface area contributed by atoms with Gasteiger partial charge in [-0.1, -0.05) is 6.07 Å². The second-order valence-electron chi connectivity index (χ2n) is 6.69.